The summed E-state index contributed by atoms with van der Waals surface area (Å²) in [6.07, 6.45) is 1.88. The molecule has 0 atom stereocenters. The lowest BCUT2D eigenvalue weighted by Gasteiger charge is -2.04. The minimum Gasteiger partial charge on any atom is -0.478 e. The van der Waals surface area contributed by atoms with E-state index in [0.717, 1.165) is 22.4 Å². The van der Waals surface area contributed by atoms with E-state index in [4.69, 9.17) is 9.52 Å². The van der Waals surface area contributed by atoms with Crippen molar-refractivity contribution in [1.29, 1.82) is 0 Å². The van der Waals surface area contributed by atoms with Gasteiger partial charge in [-0.25, -0.2) is 4.79 Å². The molecule has 4 nitrogen and oxygen atoms in total. The number of aromatic nitrogens is 1. The highest BCUT2D eigenvalue weighted by molar-refractivity contribution is 6.02. The second kappa shape index (κ2) is 4.31. The maximum absolute atomic E-state index is 11.2. The minimum atomic E-state index is -0.905. The number of aromatic carboxylic acids is 1. The predicted molar refractivity (Wildman–Crippen MR) is 71.4 cm³/mol. The summed E-state index contributed by atoms with van der Waals surface area (Å²) in [5.41, 5.74) is 1.22. The van der Waals surface area contributed by atoms with Gasteiger partial charge >= 0.3 is 5.97 Å². The maximum Gasteiger partial charge on any atom is 0.336 e. The zero-order valence-corrected chi connectivity index (χ0v) is 10.5. The summed E-state index contributed by atoms with van der Waals surface area (Å²) in [4.78, 5) is 11.2. The van der Waals surface area contributed by atoms with Crippen molar-refractivity contribution in [2.45, 2.75) is 13.5 Å². The third-order valence-electron chi connectivity index (χ3n) is 3.17. The van der Waals surface area contributed by atoms with Crippen LogP contribution in [0.5, 0.6) is 0 Å². The van der Waals surface area contributed by atoms with E-state index in [1.165, 1.54) is 0 Å². The third-order valence-corrected chi connectivity index (χ3v) is 3.17. The number of carbonyl (C=O) groups is 1. The zero-order chi connectivity index (χ0) is 13.4. The van der Waals surface area contributed by atoms with E-state index < -0.39 is 5.97 Å². The largest absolute Gasteiger partial charge is 0.478 e. The Bertz CT molecular complexity index is 752. The van der Waals surface area contributed by atoms with Crippen molar-refractivity contribution in [2.24, 2.45) is 0 Å². The summed E-state index contributed by atoms with van der Waals surface area (Å²) < 4.78 is 7.53. The molecule has 1 N–H and O–H groups in total. The number of rotatable bonds is 3. The van der Waals surface area contributed by atoms with Crippen LogP contribution in [-0.4, -0.2) is 15.6 Å². The van der Waals surface area contributed by atoms with E-state index in [9.17, 15) is 4.79 Å². The number of nitrogens with zero attached hydrogens (tertiary/aromatic N) is 1. The van der Waals surface area contributed by atoms with Crippen LogP contribution in [-0.2, 0) is 6.54 Å². The average molecular weight is 255 g/mol. The van der Waals surface area contributed by atoms with Gasteiger partial charge in [-0.3, -0.25) is 0 Å². The lowest BCUT2D eigenvalue weighted by atomic mass is 10.1. The molecule has 0 saturated heterocycles. The minimum absolute atomic E-state index is 0.326. The molecule has 3 rings (SSSR count). The van der Waals surface area contributed by atoms with E-state index >= 15 is 0 Å². The van der Waals surface area contributed by atoms with Gasteiger partial charge in [0.05, 0.1) is 12.1 Å². The molecule has 1 aromatic carbocycles. The van der Waals surface area contributed by atoms with Crippen LogP contribution in [0.2, 0.25) is 0 Å². The first-order valence-corrected chi connectivity index (χ1v) is 6.01. The molecule has 0 amide bonds. The Morgan fingerprint density at radius 2 is 2.11 bits per heavy atom. The number of furan rings is 1. The van der Waals surface area contributed by atoms with Gasteiger partial charge < -0.3 is 14.1 Å². The average Bonchev–Trinajstić information content (AvgIpc) is 2.97. The third kappa shape index (κ3) is 2.01. The quantitative estimate of drug-likeness (QED) is 0.781. The predicted octanol–water partition coefficient (Wildman–Crippen LogP) is 3.29. The van der Waals surface area contributed by atoms with Gasteiger partial charge in [0, 0.05) is 17.1 Å². The molecular formula is C15H13NO3. The van der Waals surface area contributed by atoms with Crippen molar-refractivity contribution in [3.8, 4) is 0 Å². The zero-order valence-electron chi connectivity index (χ0n) is 10.5. The Balaban J connectivity index is 2.06. The Hall–Kier alpha value is -2.49. The maximum atomic E-state index is 11.2. The van der Waals surface area contributed by atoms with Crippen molar-refractivity contribution >= 4 is 16.9 Å². The second-order valence-electron chi connectivity index (χ2n) is 4.50. The SMILES string of the molecule is Cc1ccc(Cn2ccc3c(C(=O)O)cccc32)o1. The molecule has 2 aromatic heterocycles. The number of hydrogen-bond acceptors (Lipinski definition) is 2. The van der Waals surface area contributed by atoms with Crippen LogP contribution in [0.15, 0.2) is 47.0 Å². The number of benzene rings is 1. The first kappa shape index (κ1) is 11.6. The molecule has 0 unspecified atom stereocenters. The molecule has 0 aliphatic heterocycles. The summed E-state index contributed by atoms with van der Waals surface area (Å²) in [6, 6.07) is 11.0. The van der Waals surface area contributed by atoms with Gasteiger partial charge in [0.25, 0.3) is 0 Å². The van der Waals surface area contributed by atoms with Gasteiger partial charge in [-0.15, -0.1) is 0 Å². The van der Waals surface area contributed by atoms with Gasteiger partial charge in [0.2, 0.25) is 0 Å². The molecule has 2 heterocycles. The Morgan fingerprint density at radius 3 is 2.79 bits per heavy atom. The van der Waals surface area contributed by atoms with Crippen LogP contribution in [0, 0.1) is 6.92 Å². The Morgan fingerprint density at radius 1 is 1.26 bits per heavy atom. The summed E-state index contributed by atoms with van der Waals surface area (Å²) in [6.45, 7) is 2.50. The number of carboxylic acid groups (broad SMARTS) is 1. The molecule has 0 spiro atoms. The molecular weight excluding hydrogens is 242 g/mol. The molecule has 0 aliphatic rings. The fourth-order valence-electron chi connectivity index (χ4n) is 2.29. The molecule has 0 bridgehead atoms. The molecule has 4 heteroatoms. The number of aryl methyl sites for hydroxylation is 1. The summed E-state index contributed by atoms with van der Waals surface area (Å²) in [7, 11) is 0. The lowest BCUT2D eigenvalue weighted by molar-refractivity contribution is 0.0699. The topological polar surface area (TPSA) is 55.4 Å². The van der Waals surface area contributed by atoms with Crippen LogP contribution in [0.25, 0.3) is 10.9 Å². The van der Waals surface area contributed by atoms with Gasteiger partial charge in [-0.05, 0) is 37.3 Å². The number of carboxylic acids is 1. The highest BCUT2D eigenvalue weighted by atomic mass is 16.4. The van der Waals surface area contributed by atoms with E-state index in [1.807, 2.05) is 42.0 Å². The van der Waals surface area contributed by atoms with E-state index in [2.05, 4.69) is 0 Å². The normalized spacial score (nSPS) is 11.0. The molecule has 96 valence electrons. The fourth-order valence-corrected chi connectivity index (χ4v) is 2.29. The first-order valence-electron chi connectivity index (χ1n) is 6.01. The van der Waals surface area contributed by atoms with Crippen LogP contribution in [0.4, 0.5) is 0 Å². The van der Waals surface area contributed by atoms with Crippen molar-refractivity contribution in [2.75, 3.05) is 0 Å². The van der Waals surface area contributed by atoms with Crippen LogP contribution < -0.4 is 0 Å². The standard InChI is InChI=1S/C15H13NO3/c1-10-5-6-11(19-10)9-16-8-7-12-13(15(17)18)3-2-4-14(12)16/h2-8H,9H2,1H3,(H,17,18). The summed E-state index contributed by atoms with van der Waals surface area (Å²) >= 11 is 0. The van der Waals surface area contributed by atoms with Crippen LogP contribution in [0.1, 0.15) is 21.9 Å². The van der Waals surface area contributed by atoms with Crippen LogP contribution in [0.3, 0.4) is 0 Å². The van der Waals surface area contributed by atoms with E-state index in [-0.39, 0.29) is 0 Å². The molecule has 0 aliphatic carbocycles. The second-order valence-corrected chi connectivity index (χ2v) is 4.50. The number of hydrogen-bond donors (Lipinski definition) is 1. The summed E-state index contributed by atoms with van der Waals surface area (Å²) in [5.74, 6) is 0.825. The van der Waals surface area contributed by atoms with Crippen molar-refractivity contribution in [3.05, 3.63) is 59.7 Å². The van der Waals surface area contributed by atoms with E-state index in [1.54, 1.807) is 12.1 Å². The van der Waals surface area contributed by atoms with Gasteiger partial charge in [0.15, 0.2) is 0 Å². The Kier molecular flexibility index (Phi) is 2.63. The molecule has 3 aromatic rings. The summed E-state index contributed by atoms with van der Waals surface area (Å²) in [5, 5.41) is 9.91. The molecule has 0 radical (unpaired) electrons. The highest BCUT2D eigenvalue weighted by Crippen LogP contribution is 2.21. The van der Waals surface area contributed by atoms with Crippen molar-refractivity contribution < 1.29 is 14.3 Å². The van der Waals surface area contributed by atoms with Crippen molar-refractivity contribution in [3.63, 3.8) is 0 Å². The van der Waals surface area contributed by atoms with Crippen molar-refractivity contribution in [1.82, 2.24) is 4.57 Å². The monoisotopic (exact) mass is 255 g/mol. The smallest absolute Gasteiger partial charge is 0.336 e. The fraction of sp³-hybridized carbons (Fsp3) is 0.133. The molecule has 0 fully saturated rings. The Labute approximate surface area is 109 Å². The molecule has 0 saturated carbocycles. The van der Waals surface area contributed by atoms with Gasteiger partial charge in [-0.2, -0.15) is 0 Å². The highest BCUT2D eigenvalue weighted by Gasteiger charge is 2.11. The first-order chi connectivity index (χ1) is 9.15. The number of fused-ring (bicyclic) bond motifs is 1. The van der Waals surface area contributed by atoms with Crippen LogP contribution >= 0.6 is 0 Å². The van der Waals surface area contributed by atoms with Gasteiger partial charge in [0.1, 0.15) is 11.5 Å². The molecule has 19 heavy (non-hydrogen) atoms. The van der Waals surface area contributed by atoms with Gasteiger partial charge in [-0.1, -0.05) is 6.07 Å². The van der Waals surface area contributed by atoms with E-state index in [0.29, 0.717) is 12.1 Å². The lowest BCUT2D eigenvalue weighted by Crippen LogP contribution is -1.99.